The third-order valence-electron chi connectivity index (χ3n) is 6.48. The van der Waals surface area contributed by atoms with E-state index in [0.717, 1.165) is 24.8 Å². The van der Waals surface area contributed by atoms with Gasteiger partial charge in [-0.2, -0.15) is 0 Å². The zero-order chi connectivity index (χ0) is 15.4. The van der Waals surface area contributed by atoms with E-state index in [4.69, 9.17) is 0 Å². The van der Waals surface area contributed by atoms with Crippen LogP contribution in [-0.2, 0) is 16.3 Å². The van der Waals surface area contributed by atoms with Crippen LogP contribution >= 0.6 is 0 Å². The highest BCUT2D eigenvalue weighted by Gasteiger charge is 2.58. The number of benzene rings is 1. The second-order valence-corrected chi connectivity index (χ2v) is 10.9. The lowest BCUT2D eigenvalue weighted by atomic mass is 9.56. The zero-order valence-electron chi connectivity index (χ0n) is 13.4. The van der Waals surface area contributed by atoms with Gasteiger partial charge in [-0.15, -0.1) is 0 Å². The van der Waals surface area contributed by atoms with Crippen molar-refractivity contribution in [3.8, 4) is 0 Å². The molecule has 4 fully saturated rings. The molecule has 120 valence electrons. The van der Waals surface area contributed by atoms with Gasteiger partial charge in [0.2, 0.25) is 0 Å². The number of rotatable bonds is 4. The summed E-state index contributed by atoms with van der Waals surface area (Å²) in [6, 6.07) is 10.1. The largest absolute Gasteiger partial charge is 0.228 e. The molecule has 3 heteroatoms. The molecule has 4 aliphatic carbocycles. The van der Waals surface area contributed by atoms with Crippen LogP contribution in [0.4, 0.5) is 0 Å². The highest BCUT2D eigenvalue weighted by Crippen LogP contribution is 2.59. The number of hydrogen-bond donors (Lipinski definition) is 0. The summed E-state index contributed by atoms with van der Waals surface area (Å²) < 4.78 is 26.4. The molecule has 4 bridgehead atoms. The molecule has 1 unspecified atom stereocenters. The van der Waals surface area contributed by atoms with E-state index in [1.807, 2.05) is 37.3 Å². The smallest absolute Gasteiger partial charge is 0.158 e. The van der Waals surface area contributed by atoms with E-state index in [1.54, 1.807) is 0 Å². The van der Waals surface area contributed by atoms with Gasteiger partial charge in [0.1, 0.15) is 0 Å². The van der Waals surface area contributed by atoms with Crippen LogP contribution in [-0.4, -0.2) is 18.4 Å². The van der Waals surface area contributed by atoms with E-state index < -0.39 is 9.84 Å². The highest BCUT2D eigenvalue weighted by atomic mass is 32.2. The lowest BCUT2D eigenvalue weighted by molar-refractivity contribution is 0.0335. The Labute approximate surface area is 134 Å². The predicted molar refractivity (Wildman–Crippen MR) is 89.4 cm³/mol. The molecule has 1 aromatic carbocycles. The van der Waals surface area contributed by atoms with E-state index in [2.05, 4.69) is 0 Å². The Hall–Kier alpha value is -0.830. The van der Waals surface area contributed by atoms with Crippen molar-refractivity contribution in [2.45, 2.75) is 61.9 Å². The molecule has 1 aromatic rings. The SMILES string of the molecule is CC(Cc1ccccc1)S(=O)(=O)C12CC3CC(CC(C3)C1)C2. The summed E-state index contributed by atoms with van der Waals surface area (Å²) in [4.78, 5) is 0. The molecule has 0 spiro atoms. The van der Waals surface area contributed by atoms with Crippen molar-refractivity contribution in [3.05, 3.63) is 35.9 Å². The normalized spacial score (nSPS) is 38.1. The van der Waals surface area contributed by atoms with Crippen molar-refractivity contribution in [1.82, 2.24) is 0 Å². The fourth-order valence-electron chi connectivity index (χ4n) is 5.86. The average Bonchev–Trinajstić information content (AvgIpc) is 2.46. The summed E-state index contributed by atoms with van der Waals surface area (Å²) in [5, 5.41) is -0.258. The average molecular weight is 318 g/mol. The van der Waals surface area contributed by atoms with E-state index in [0.29, 0.717) is 24.2 Å². The molecule has 5 rings (SSSR count). The van der Waals surface area contributed by atoms with Gasteiger partial charge in [-0.3, -0.25) is 0 Å². The van der Waals surface area contributed by atoms with Crippen molar-refractivity contribution in [3.63, 3.8) is 0 Å². The minimum absolute atomic E-state index is 0.258. The van der Waals surface area contributed by atoms with Crippen molar-refractivity contribution in [2.24, 2.45) is 17.8 Å². The molecular formula is C19H26O2S. The molecule has 1 atom stereocenters. The van der Waals surface area contributed by atoms with Crippen LogP contribution in [0, 0.1) is 17.8 Å². The van der Waals surface area contributed by atoms with E-state index in [-0.39, 0.29) is 10.00 Å². The summed E-state index contributed by atoms with van der Waals surface area (Å²) >= 11 is 0. The Bertz CT molecular complexity index is 612. The van der Waals surface area contributed by atoms with Crippen molar-refractivity contribution in [1.29, 1.82) is 0 Å². The van der Waals surface area contributed by atoms with Crippen molar-refractivity contribution in [2.75, 3.05) is 0 Å². The second kappa shape index (κ2) is 5.09. The van der Waals surface area contributed by atoms with Crippen LogP contribution in [0.2, 0.25) is 0 Å². The Morgan fingerprint density at radius 3 is 2.00 bits per heavy atom. The molecule has 0 radical (unpaired) electrons. The molecule has 4 saturated carbocycles. The fourth-order valence-corrected chi connectivity index (χ4v) is 8.53. The van der Waals surface area contributed by atoms with Crippen LogP contribution < -0.4 is 0 Å². The Morgan fingerprint density at radius 2 is 1.50 bits per heavy atom. The number of sulfone groups is 1. The summed E-state index contributed by atoms with van der Waals surface area (Å²) in [6.45, 7) is 1.93. The van der Waals surface area contributed by atoms with Crippen LogP contribution in [0.5, 0.6) is 0 Å². The summed E-state index contributed by atoms with van der Waals surface area (Å²) in [5.41, 5.74) is 1.14. The zero-order valence-corrected chi connectivity index (χ0v) is 14.2. The van der Waals surface area contributed by atoms with Gasteiger partial charge in [-0.25, -0.2) is 8.42 Å². The maximum Gasteiger partial charge on any atom is 0.158 e. The highest BCUT2D eigenvalue weighted by molar-refractivity contribution is 7.93. The first-order chi connectivity index (χ1) is 10.5. The van der Waals surface area contributed by atoms with Gasteiger partial charge in [-0.05, 0) is 75.2 Å². The first kappa shape index (κ1) is 14.7. The van der Waals surface area contributed by atoms with Crippen LogP contribution in [0.3, 0.4) is 0 Å². The van der Waals surface area contributed by atoms with E-state index in [9.17, 15) is 8.42 Å². The van der Waals surface area contributed by atoms with Crippen molar-refractivity contribution < 1.29 is 8.42 Å². The molecule has 4 aliphatic rings. The lowest BCUT2D eigenvalue weighted by Gasteiger charge is -2.56. The standard InChI is InChI=1S/C19H26O2S/c1-14(7-15-5-3-2-4-6-15)22(20,21)19-11-16-8-17(12-19)10-18(9-16)13-19/h2-6,14,16-18H,7-13H2,1H3. The first-order valence-electron chi connectivity index (χ1n) is 8.76. The van der Waals surface area contributed by atoms with Gasteiger partial charge in [0.15, 0.2) is 9.84 Å². The van der Waals surface area contributed by atoms with Gasteiger partial charge < -0.3 is 0 Å². The molecule has 0 aliphatic heterocycles. The topological polar surface area (TPSA) is 34.1 Å². The maximum atomic E-state index is 13.4. The minimum Gasteiger partial charge on any atom is -0.228 e. The van der Waals surface area contributed by atoms with Gasteiger partial charge in [-0.1, -0.05) is 30.3 Å². The van der Waals surface area contributed by atoms with Crippen LogP contribution in [0.15, 0.2) is 30.3 Å². The van der Waals surface area contributed by atoms with Gasteiger partial charge in [0, 0.05) is 0 Å². The van der Waals surface area contributed by atoms with Crippen molar-refractivity contribution >= 4 is 9.84 Å². The first-order valence-corrected chi connectivity index (χ1v) is 10.3. The minimum atomic E-state index is -3.06. The van der Waals surface area contributed by atoms with Crippen LogP contribution in [0.25, 0.3) is 0 Å². The van der Waals surface area contributed by atoms with Gasteiger partial charge >= 0.3 is 0 Å². The summed E-state index contributed by atoms with van der Waals surface area (Å²) in [7, 11) is -3.06. The quantitative estimate of drug-likeness (QED) is 0.841. The molecule has 0 N–H and O–H groups in total. The molecule has 0 heterocycles. The van der Waals surface area contributed by atoms with E-state index in [1.165, 1.54) is 19.3 Å². The number of hydrogen-bond acceptors (Lipinski definition) is 2. The molecule has 2 nitrogen and oxygen atoms in total. The second-order valence-electron chi connectivity index (χ2n) is 8.15. The molecule has 22 heavy (non-hydrogen) atoms. The molecular weight excluding hydrogens is 292 g/mol. The third kappa shape index (κ3) is 2.24. The Balaban J connectivity index is 1.60. The van der Waals surface area contributed by atoms with Gasteiger partial charge in [0.25, 0.3) is 0 Å². The summed E-state index contributed by atoms with van der Waals surface area (Å²) in [5.74, 6) is 2.06. The lowest BCUT2D eigenvalue weighted by Crippen LogP contribution is -2.56. The molecule has 0 saturated heterocycles. The Morgan fingerprint density at radius 1 is 1.00 bits per heavy atom. The third-order valence-corrected chi connectivity index (χ3v) is 9.41. The maximum absolute atomic E-state index is 13.4. The van der Waals surface area contributed by atoms with Crippen LogP contribution in [0.1, 0.15) is 51.0 Å². The Kier molecular flexibility index (Phi) is 3.41. The molecule has 0 aromatic heterocycles. The molecule has 0 amide bonds. The van der Waals surface area contributed by atoms with E-state index >= 15 is 0 Å². The fraction of sp³-hybridized carbons (Fsp3) is 0.684. The monoisotopic (exact) mass is 318 g/mol. The van der Waals surface area contributed by atoms with Gasteiger partial charge in [0.05, 0.1) is 10.00 Å². The summed E-state index contributed by atoms with van der Waals surface area (Å²) in [6.07, 6.45) is 7.37. The predicted octanol–water partition coefficient (Wildman–Crippen LogP) is 4.00.